The summed E-state index contributed by atoms with van der Waals surface area (Å²) in [6.45, 7) is 6.94. The van der Waals surface area contributed by atoms with E-state index in [1.165, 1.54) is 11.1 Å². The molecule has 19 heavy (non-hydrogen) atoms. The highest BCUT2D eigenvalue weighted by Gasteiger charge is 2.18. The van der Waals surface area contributed by atoms with Crippen LogP contribution in [0, 0.1) is 5.92 Å². The maximum absolute atomic E-state index is 9.99. The van der Waals surface area contributed by atoms with E-state index in [1.54, 1.807) is 0 Å². The van der Waals surface area contributed by atoms with Gasteiger partial charge in [-0.15, -0.1) is 0 Å². The van der Waals surface area contributed by atoms with Gasteiger partial charge in [0.1, 0.15) is 0 Å². The van der Waals surface area contributed by atoms with Crippen molar-refractivity contribution in [3.63, 3.8) is 0 Å². The monoisotopic (exact) mass is 262 g/mol. The fraction of sp³-hybridized carbons (Fsp3) is 0.625. The van der Waals surface area contributed by atoms with Crippen molar-refractivity contribution in [3.8, 4) is 0 Å². The highest BCUT2D eigenvalue weighted by atomic mass is 16.3. The van der Waals surface area contributed by atoms with Gasteiger partial charge in [0, 0.05) is 19.1 Å². The smallest absolute Gasteiger partial charge is 0.0667 e. The molecule has 2 atom stereocenters. The van der Waals surface area contributed by atoms with Crippen molar-refractivity contribution in [2.75, 3.05) is 13.1 Å². The lowest BCUT2D eigenvalue weighted by Crippen LogP contribution is -2.32. The molecule has 106 valence electrons. The van der Waals surface area contributed by atoms with Gasteiger partial charge in [-0.2, -0.15) is 0 Å². The second-order valence-electron chi connectivity index (χ2n) is 5.91. The summed E-state index contributed by atoms with van der Waals surface area (Å²) in [5.74, 6) is 0.542. The Labute approximate surface area is 116 Å². The van der Waals surface area contributed by atoms with Crippen LogP contribution in [0.1, 0.15) is 43.9 Å². The normalized spacial score (nSPS) is 20.9. The van der Waals surface area contributed by atoms with Crippen LogP contribution in [-0.4, -0.2) is 24.3 Å². The van der Waals surface area contributed by atoms with Crippen molar-refractivity contribution in [1.29, 1.82) is 0 Å². The lowest BCUT2D eigenvalue weighted by Gasteiger charge is -2.21. The largest absolute Gasteiger partial charge is 0.392 e. The van der Waals surface area contributed by atoms with Crippen LogP contribution in [0.5, 0.6) is 0 Å². The molecule has 0 aromatic heterocycles. The molecule has 3 nitrogen and oxygen atoms in total. The number of aliphatic hydroxyl groups excluding tert-OH is 1. The van der Waals surface area contributed by atoms with Gasteiger partial charge in [0.25, 0.3) is 0 Å². The number of hydrogen-bond donors (Lipinski definition) is 3. The van der Waals surface area contributed by atoms with Gasteiger partial charge >= 0.3 is 0 Å². The number of benzene rings is 1. The Morgan fingerprint density at radius 1 is 1.37 bits per heavy atom. The van der Waals surface area contributed by atoms with Crippen molar-refractivity contribution in [2.45, 2.75) is 45.4 Å². The summed E-state index contributed by atoms with van der Waals surface area (Å²) in [7, 11) is 0. The third-order valence-corrected chi connectivity index (χ3v) is 3.70. The summed E-state index contributed by atoms with van der Waals surface area (Å²) < 4.78 is 0. The SMILES string of the molecule is CC(C)CC(O)CNC1CCNCc2ccccc21. The van der Waals surface area contributed by atoms with E-state index < -0.39 is 0 Å². The van der Waals surface area contributed by atoms with E-state index >= 15 is 0 Å². The summed E-state index contributed by atoms with van der Waals surface area (Å²) in [6.07, 6.45) is 1.69. The minimum Gasteiger partial charge on any atom is -0.392 e. The first-order valence-corrected chi connectivity index (χ1v) is 7.36. The number of aliphatic hydroxyl groups is 1. The van der Waals surface area contributed by atoms with Crippen LogP contribution in [0.4, 0.5) is 0 Å². The van der Waals surface area contributed by atoms with Crippen molar-refractivity contribution in [3.05, 3.63) is 35.4 Å². The molecule has 3 heteroatoms. The van der Waals surface area contributed by atoms with Crippen molar-refractivity contribution in [2.24, 2.45) is 5.92 Å². The van der Waals surface area contributed by atoms with Gasteiger partial charge in [-0.1, -0.05) is 38.1 Å². The van der Waals surface area contributed by atoms with Gasteiger partial charge in [-0.05, 0) is 36.4 Å². The molecule has 3 N–H and O–H groups in total. The fourth-order valence-corrected chi connectivity index (χ4v) is 2.78. The zero-order chi connectivity index (χ0) is 13.7. The van der Waals surface area contributed by atoms with E-state index in [0.717, 1.165) is 25.9 Å². The van der Waals surface area contributed by atoms with Crippen LogP contribution in [0.15, 0.2) is 24.3 Å². The van der Waals surface area contributed by atoms with Crippen LogP contribution >= 0.6 is 0 Å². The summed E-state index contributed by atoms with van der Waals surface area (Å²) in [4.78, 5) is 0. The number of nitrogens with one attached hydrogen (secondary N) is 2. The molecule has 1 aromatic rings. The van der Waals surface area contributed by atoms with E-state index in [0.29, 0.717) is 18.5 Å². The Bertz CT molecular complexity index is 392. The third kappa shape index (κ3) is 4.30. The minimum absolute atomic E-state index is 0.247. The molecule has 1 aliphatic rings. The third-order valence-electron chi connectivity index (χ3n) is 3.70. The maximum Gasteiger partial charge on any atom is 0.0667 e. The lowest BCUT2D eigenvalue weighted by atomic mass is 9.98. The topological polar surface area (TPSA) is 44.3 Å². The van der Waals surface area contributed by atoms with Gasteiger partial charge in [-0.3, -0.25) is 0 Å². The first-order valence-electron chi connectivity index (χ1n) is 7.36. The van der Waals surface area contributed by atoms with E-state index in [1.807, 2.05) is 0 Å². The van der Waals surface area contributed by atoms with Gasteiger partial charge in [-0.25, -0.2) is 0 Å². The van der Waals surface area contributed by atoms with Gasteiger partial charge in [0.2, 0.25) is 0 Å². The molecule has 1 aromatic carbocycles. The zero-order valence-electron chi connectivity index (χ0n) is 12.0. The van der Waals surface area contributed by atoms with Crippen LogP contribution < -0.4 is 10.6 Å². The molecule has 0 spiro atoms. The number of fused-ring (bicyclic) bond motifs is 1. The molecule has 0 saturated heterocycles. The summed E-state index contributed by atoms with van der Waals surface area (Å²) in [5, 5.41) is 17.0. The quantitative estimate of drug-likeness (QED) is 0.762. The van der Waals surface area contributed by atoms with E-state index in [9.17, 15) is 5.11 Å². The van der Waals surface area contributed by atoms with Gasteiger partial charge in [0.05, 0.1) is 6.10 Å². The molecule has 2 rings (SSSR count). The molecular weight excluding hydrogens is 236 g/mol. The molecule has 0 saturated carbocycles. The van der Waals surface area contributed by atoms with E-state index in [2.05, 4.69) is 48.7 Å². The second kappa shape index (κ2) is 7.04. The number of rotatable bonds is 5. The summed E-state index contributed by atoms with van der Waals surface area (Å²) in [5.41, 5.74) is 2.75. The maximum atomic E-state index is 9.99. The van der Waals surface area contributed by atoms with E-state index in [4.69, 9.17) is 0 Å². The standard InChI is InChI=1S/C16H26N2O/c1-12(2)9-14(19)11-18-16-7-8-17-10-13-5-3-4-6-15(13)16/h3-6,12,14,16-19H,7-11H2,1-2H3. The highest BCUT2D eigenvalue weighted by Crippen LogP contribution is 2.23. The average Bonchev–Trinajstić information content (AvgIpc) is 2.58. The fourth-order valence-electron chi connectivity index (χ4n) is 2.78. The minimum atomic E-state index is -0.247. The Kier molecular flexibility index (Phi) is 5.37. The summed E-state index contributed by atoms with van der Waals surface area (Å²) >= 11 is 0. The first kappa shape index (κ1) is 14.5. The zero-order valence-corrected chi connectivity index (χ0v) is 12.0. The molecule has 0 radical (unpaired) electrons. The second-order valence-corrected chi connectivity index (χ2v) is 5.91. The molecular formula is C16H26N2O. The summed E-state index contributed by atoms with van der Waals surface area (Å²) in [6, 6.07) is 8.94. The first-order chi connectivity index (χ1) is 9.16. The van der Waals surface area contributed by atoms with Gasteiger partial charge in [0.15, 0.2) is 0 Å². The molecule has 0 amide bonds. The van der Waals surface area contributed by atoms with Crippen LogP contribution in [0.2, 0.25) is 0 Å². The lowest BCUT2D eigenvalue weighted by molar-refractivity contribution is 0.142. The molecule has 1 aliphatic heterocycles. The number of hydrogen-bond acceptors (Lipinski definition) is 3. The van der Waals surface area contributed by atoms with Crippen LogP contribution in [0.25, 0.3) is 0 Å². The molecule has 1 heterocycles. The molecule has 0 aliphatic carbocycles. The van der Waals surface area contributed by atoms with Crippen molar-refractivity contribution < 1.29 is 5.11 Å². The predicted molar refractivity (Wildman–Crippen MR) is 79.0 cm³/mol. The average molecular weight is 262 g/mol. The Morgan fingerprint density at radius 3 is 2.95 bits per heavy atom. The van der Waals surface area contributed by atoms with Crippen LogP contribution in [0.3, 0.4) is 0 Å². The molecule has 2 unspecified atom stereocenters. The van der Waals surface area contributed by atoms with Gasteiger partial charge < -0.3 is 15.7 Å². The molecule has 0 fully saturated rings. The Hall–Kier alpha value is -0.900. The highest BCUT2D eigenvalue weighted by molar-refractivity contribution is 5.30. The van der Waals surface area contributed by atoms with Crippen LogP contribution in [-0.2, 0) is 6.54 Å². The Balaban J connectivity index is 1.96. The molecule has 0 bridgehead atoms. The van der Waals surface area contributed by atoms with Crippen molar-refractivity contribution >= 4 is 0 Å². The van der Waals surface area contributed by atoms with Crippen molar-refractivity contribution in [1.82, 2.24) is 10.6 Å². The Morgan fingerprint density at radius 2 is 2.16 bits per heavy atom. The van der Waals surface area contributed by atoms with E-state index in [-0.39, 0.29) is 6.10 Å². The predicted octanol–water partition coefficient (Wildman–Crippen LogP) is 2.22.